The number of amides is 2. The van der Waals surface area contributed by atoms with Gasteiger partial charge >= 0.3 is 6.09 Å². The molecule has 0 spiro atoms. The van der Waals surface area contributed by atoms with Crippen molar-refractivity contribution < 1.29 is 14.3 Å². The van der Waals surface area contributed by atoms with Gasteiger partial charge < -0.3 is 9.64 Å². The Bertz CT molecular complexity index is 572. The summed E-state index contributed by atoms with van der Waals surface area (Å²) in [5.41, 5.74) is -0.0733. The van der Waals surface area contributed by atoms with Crippen molar-refractivity contribution in [3.8, 4) is 0 Å². The van der Waals surface area contributed by atoms with Crippen molar-refractivity contribution in [1.29, 1.82) is 0 Å². The largest absolute Gasteiger partial charge is 0.444 e. The lowest BCUT2D eigenvalue weighted by molar-refractivity contribution is 0.0634. The average molecular weight is 295 g/mol. The summed E-state index contributed by atoms with van der Waals surface area (Å²) in [7, 11) is 0. The molecule has 108 valence electrons. The number of nitrogens with zero attached hydrogens (tertiary/aromatic N) is 2. The van der Waals surface area contributed by atoms with Gasteiger partial charge in [0, 0.05) is 6.04 Å². The van der Waals surface area contributed by atoms with E-state index in [9.17, 15) is 9.59 Å². The number of anilines is 1. The predicted octanol–water partition coefficient (Wildman–Crippen LogP) is 2.61. The molecule has 3 rings (SSSR count). The van der Waals surface area contributed by atoms with Crippen molar-refractivity contribution >= 4 is 28.5 Å². The van der Waals surface area contributed by atoms with Crippen molar-refractivity contribution in [2.45, 2.75) is 51.8 Å². The number of aromatic nitrogens is 1. The van der Waals surface area contributed by atoms with E-state index in [1.807, 2.05) is 4.90 Å². The molecule has 6 nitrogen and oxygen atoms in total. The number of rotatable bonds is 2. The van der Waals surface area contributed by atoms with Gasteiger partial charge in [0.15, 0.2) is 5.13 Å². The van der Waals surface area contributed by atoms with Crippen LogP contribution in [0.4, 0.5) is 9.93 Å². The first kappa shape index (κ1) is 13.4. The summed E-state index contributed by atoms with van der Waals surface area (Å²) in [6.07, 6.45) is 1.63. The molecular weight excluding hydrogens is 278 g/mol. The van der Waals surface area contributed by atoms with E-state index in [1.54, 1.807) is 20.8 Å². The molecule has 0 saturated heterocycles. The number of hydrogen-bond donors (Lipinski definition) is 1. The van der Waals surface area contributed by atoms with Crippen LogP contribution in [0.2, 0.25) is 0 Å². The standard InChI is InChI=1S/C13H17N3O3S/c1-13(2,3)19-12(18)15-11-14-9-8(20-11)6-16(10(9)17)7-4-5-7/h7H,4-6H2,1-3H3,(H,14,15,18). The molecule has 0 aromatic carbocycles. The second-order valence-corrected chi connectivity index (χ2v) is 7.17. The first-order chi connectivity index (χ1) is 9.33. The first-order valence-corrected chi connectivity index (χ1v) is 7.46. The Morgan fingerprint density at radius 2 is 2.15 bits per heavy atom. The molecule has 0 atom stereocenters. The fourth-order valence-corrected chi connectivity index (χ4v) is 3.05. The number of carbonyl (C=O) groups excluding carboxylic acids is 2. The molecule has 1 aliphatic carbocycles. The van der Waals surface area contributed by atoms with Crippen molar-refractivity contribution in [1.82, 2.24) is 9.88 Å². The molecule has 0 radical (unpaired) electrons. The minimum Gasteiger partial charge on any atom is -0.444 e. The molecule has 1 aromatic heterocycles. The Hall–Kier alpha value is -1.63. The zero-order valence-corrected chi connectivity index (χ0v) is 12.5. The van der Waals surface area contributed by atoms with Crippen LogP contribution in [-0.2, 0) is 11.3 Å². The highest BCUT2D eigenvalue weighted by atomic mass is 32.1. The van der Waals surface area contributed by atoms with Crippen LogP contribution in [0.3, 0.4) is 0 Å². The SMILES string of the molecule is CC(C)(C)OC(=O)Nc1nc2c(s1)CN(C1CC1)C2=O. The molecular formula is C13H17N3O3S. The molecule has 2 heterocycles. The summed E-state index contributed by atoms with van der Waals surface area (Å²) in [6.45, 7) is 6.01. The molecule has 1 saturated carbocycles. The van der Waals surface area contributed by atoms with E-state index in [2.05, 4.69) is 10.3 Å². The van der Waals surface area contributed by atoms with E-state index in [0.717, 1.165) is 17.7 Å². The maximum absolute atomic E-state index is 12.1. The number of thiazole rings is 1. The molecule has 1 aromatic rings. The van der Waals surface area contributed by atoms with Gasteiger partial charge in [-0.15, -0.1) is 0 Å². The van der Waals surface area contributed by atoms with E-state index in [4.69, 9.17) is 4.74 Å². The Balaban J connectivity index is 1.67. The van der Waals surface area contributed by atoms with Crippen LogP contribution in [-0.4, -0.2) is 33.5 Å². The second kappa shape index (κ2) is 4.44. The van der Waals surface area contributed by atoms with Crippen LogP contribution >= 0.6 is 11.3 Å². The zero-order valence-electron chi connectivity index (χ0n) is 11.7. The van der Waals surface area contributed by atoms with E-state index in [0.29, 0.717) is 23.4 Å². The molecule has 1 fully saturated rings. The number of fused-ring (bicyclic) bond motifs is 1. The summed E-state index contributed by atoms with van der Waals surface area (Å²) in [6, 6.07) is 0.395. The highest BCUT2D eigenvalue weighted by Gasteiger charge is 2.40. The maximum atomic E-state index is 12.1. The number of carbonyl (C=O) groups is 2. The zero-order chi connectivity index (χ0) is 14.5. The van der Waals surface area contributed by atoms with Crippen LogP contribution in [0.15, 0.2) is 0 Å². The third-order valence-corrected chi connectivity index (χ3v) is 4.03. The predicted molar refractivity (Wildman–Crippen MR) is 74.9 cm³/mol. The summed E-state index contributed by atoms with van der Waals surface area (Å²) >= 11 is 1.34. The second-order valence-electron chi connectivity index (χ2n) is 6.08. The summed E-state index contributed by atoms with van der Waals surface area (Å²) in [5, 5.41) is 3.01. The third-order valence-electron chi connectivity index (χ3n) is 3.07. The van der Waals surface area contributed by atoms with Crippen LogP contribution in [0.1, 0.15) is 49.0 Å². The number of nitrogens with one attached hydrogen (secondary N) is 1. The van der Waals surface area contributed by atoms with Gasteiger partial charge in [0.2, 0.25) is 0 Å². The topological polar surface area (TPSA) is 71.5 Å². The van der Waals surface area contributed by atoms with E-state index < -0.39 is 11.7 Å². The Morgan fingerprint density at radius 1 is 1.45 bits per heavy atom. The van der Waals surface area contributed by atoms with Gasteiger partial charge in [-0.1, -0.05) is 11.3 Å². The smallest absolute Gasteiger partial charge is 0.413 e. The molecule has 2 aliphatic rings. The monoisotopic (exact) mass is 295 g/mol. The highest BCUT2D eigenvalue weighted by Crippen LogP contribution is 2.37. The quantitative estimate of drug-likeness (QED) is 0.910. The van der Waals surface area contributed by atoms with Crippen molar-refractivity contribution in [3.63, 3.8) is 0 Å². The van der Waals surface area contributed by atoms with Gasteiger partial charge in [-0.05, 0) is 33.6 Å². The van der Waals surface area contributed by atoms with Crippen molar-refractivity contribution in [2.75, 3.05) is 5.32 Å². The lowest BCUT2D eigenvalue weighted by Crippen LogP contribution is -2.28. The molecule has 2 amide bonds. The highest BCUT2D eigenvalue weighted by molar-refractivity contribution is 7.16. The normalized spacial score (nSPS) is 18.1. The fraction of sp³-hybridized carbons (Fsp3) is 0.615. The average Bonchev–Trinajstić information content (AvgIpc) is 2.99. The van der Waals surface area contributed by atoms with E-state index in [-0.39, 0.29) is 5.91 Å². The van der Waals surface area contributed by atoms with Gasteiger partial charge in [-0.2, -0.15) is 0 Å². The van der Waals surface area contributed by atoms with Gasteiger partial charge in [0.25, 0.3) is 5.91 Å². The van der Waals surface area contributed by atoms with Gasteiger partial charge in [-0.25, -0.2) is 9.78 Å². The Morgan fingerprint density at radius 3 is 2.70 bits per heavy atom. The fourth-order valence-electron chi connectivity index (χ4n) is 2.11. The molecule has 1 N–H and O–H groups in total. The summed E-state index contributed by atoms with van der Waals surface area (Å²) < 4.78 is 5.16. The first-order valence-electron chi connectivity index (χ1n) is 6.64. The molecule has 1 aliphatic heterocycles. The molecule has 0 bridgehead atoms. The summed E-state index contributed by atoms with van der Waals surface area (Å²) in [5.74, 6) is -0.0176. The maximum Gasteiger partial charge on any atom is 0.413 e. The lowest BCUT2D eigenvalue weighted by atomic mass is 10.2. The van der Waals surface area contributed by atoms with Crippen molar-refractivity contribution in [3.05, 3.63) is 10.6 Å². The van der Waals surface area contributed by atoms with Gasteiger partial charge in [0.05, 0.1) is 11.4 Å². The van der Waals surface area contributed by atoms with Crippen molar-refractivity contribution in [2.24, 2.45) is 0 Å². The van der Waals surface area contributed by atoms with Crippen LogP contribution < -0.4 is 5.32 Å². The van der Waals surface area contributed by atoms with Gasteiger partial charge in [-0.3, -0.25) is 10.1 Å². The molecule has 7 heteroatoms. The Labute approximate surface area is 121 Å². The molecule has 20 heavy (non-hydrogen) atoms. The van der Waals surface area contributed by atoms with Crippen LogP contribution in [0.25, 0.3) is 0 Å². The third kappa shape index (κ3) is 2.63. The number of ether oxygens (including phenoxy) is 1. The Kier molecular flexibility index (Phi) is 2.97. The lowest BCUT2D eigenvalue weighted by Gasteiger charge is -2.19. The summed E-state index contributed by atoms with van der Waals surface area (Å²) in [4.78, 5) is 30.8. The number of hydrogen-bond acceptors (Lipinski definition) is 5. The van der Waals surface area contributed by atoms with E-state index >= 15 is 0 Å². The van der Waals surface area contributed by atoms with E-state index in [1.165, 1.54) is 11.3 Å². The molecule has 0 unspecified atom stereocenters. The minimum atomic E-state index is -0.553. The van der Waals surface area contributed by atoms with Gasteiger partial charge in [0.1, 0.15) is 11.3 Å². The minimum absolute atomic E-state index is 0.0176. The van der Waals surface area contributed by atoms with Crippen LogP contribution in [0.5, 0.6) is 0 Å². The van der Waals surface area contributed by atoms with Crippen LogP contribution in [0, 0.1) is 0 Å².